The van der Waals surface area contributed by atoms with Crippen molar-refractivity contribution in [1.82, 2.24) is 9.55 Å². The van der Waals surface area contributed by atoms with Gasteiger partial charge < -0.3 is 24.0 Å². The summed E-state index contributed by atoms with van der Waals surface area (Å²) in [5, 5.41) is 19.4. The van der Waals surface area contributed by atoms with Crippen molar-refractivity contribution in [1.29, 1.82) is 5.41 Å². The average Bonchev–Trinajstić information content (AvgIpc) is 3.16. The van der Waals surface area contributed by atoms with Crippen LogP contribution in [0.15, 0.2) is 42.2 Å². The van der Waals surface area contributed by atoms with Crippen molar-refractivity contribution in [2.45, 2.75) is 6.92 Å². The van der Waals surface area contributed by atoms with E-state index in [0.717, 1.165) is 16.6 Å². The van der Waals surface area contributed by atoms with E-state index in [1.807, 2.05) is 36.7 Å². The van der Waals surface area contributed by atoms with Gasteiger partial charge in [0, 0.05) is 13.1 Å². The van der Waals surface area contributed by atoms with Gasteiger partial charge in [-0.05, 0) is 36.8 Å². The first-order chi connectivity index (χ1) is 13.4. The Morgan fingerprint density at radius 2 is 1.89 bits per heavy atom. The van der Waals surface area contributed by atoms with E-state index in [-0.39, 0.29) is 18.1 Å². The maximum Gasteiger partial charge on any atom is 0.148 e. The van der Waals surface area contributed by atoms with Gasteiger partial charge in [-0.1, -0.05) is 6.07 Å². The lowest BCUT2D eigenvalue weighted by atomic mass is 10.2. The van der Waals surface area contributed by atoms with Crippen molar-refractivity contribution in [2.24, 2.45) is 7.05 Å². The van der Waals surface area contributed by atoms with Gasteiger partial charge in [0.1, 0.15) is 28.9 Å². The fourth-order valence-corrected chi connectivity index (χ4v) is 3.56. The van der Waals surface area contributed by atoms with E-state index < -0.39 is 0 Å². The Bertz CT molecular complexity index is 1130. The summed E-state index contributed by atoms with van der Waals surface area (Å²) in [7, 11) is 5.05. The fourth-order valence-electron chi connectivity index (χ4n) is 3.56. The number of aliphatic hydroxyl groups excluding tert-OH is 1. The van der Waals surface area contributed by atoms with Crippen LogP contribution < -0.4 is 14.4 Å². The molecule has 0 atom stereocenters. The molecule has 0 unspecified atom stereocenters. The molecule has 144 valence electrons. The summed E-state index contributed by atoms with van der Waals surface area (Å²) in [5.41, 5.74) is 3.97. The largest absolute Gasteiger partial charge is 0.509 e. The number of amidine groups is 1. The summed E-state index contributed by atoms with van der Waals surface area (Å²) >= 11 is 0. The highest BCUT2D eigenvalue weighted by Crippen LogP contribution is 2.38. The second kappa shape index (κ2) is 6.60. The number of hydrogen-bond acceptors (Lipinski definition) is 5. The summed E-state index contributed by atoms with van der Waals surface area (Å²) in [6.45, 7) is 2.18. The van der Waals surface area contributed by atoms with Crippen LogP contribution in [0.25, 0.3) is 16.6 Å². The highest BCUT2D eigenvalue weighted by atomic mass is 16.5. The maximum absolute atomic E-state index is 10.7. The van der Waals surface area contributed by atoms with Gasteiger partial charge in [-0.15, -0.1) is 0 Å². The molecule has 1 aliphatic rings. The number of benzene rings is 2. The predicted molar refractivity (Wildman–Crippen MR) is 110 cm³/mol. The summed E-state index contributed by atoms with van der Waals surface area (Å²) < 4.78 is 12.7. The molecule has 0 aliphatic carbocycles. The normalized spacial score (nSPS) is 14.3. The topological polar surface area (TPSA) is 83.6 Å². The van der Waals surface area contributed by atoms with Gasteiger partial charge in [0.05, 0.1) is 43.1 Å². The summed E-state index contributed by atoms with van der Waals surface area (Å²) in [4.78, 5) is 6.37. The van der Waals surface area contributed by atoms with Crippen LogP contribution >= 0.6 is 0 Å². The monoisotopic (exact) mass is 378 g/mol. The van der Waals surface area contributed by atoms with Crippen LogP contribution in [0.2, 0.25) is 0 Å². The molecule has 1 aliphatic heterocycles. The van der Waals surface area contributed by atoms with Crippen molar-refractivity contribution < 1.29 is 14.6 Å². The molecule has 0 bridgehead atoms. The van der Waals surface area contributed by atoms with E-state index in [2.05, 4.69) is 4.98 Å². The van der Waals surface area contributed by atoms with Crippen LogP contribution in [0, 0.1) is 12.3 Å². The van der Waals surface area contributed by atoms with Crippen LogP contribution in [-0.2, 0) is 7.05 Å². The Morgan fingerprint density at radius 1 is 1.11 bits per heavy atom. The van der Waals surface area contributed by atoms with E-state index in [1.54, 1.807) is 37.3 Å². The van der Waals surface area contributed by atoms with Crippen molar-refractivity contribution in [3.63, 3.8) is 0 Å². The zero-order valence-corrected chi connectivity index (χ0v) is 16.3. The molecule has 0 amide bonds. The van der Waals surface area contributed by atoms with Gasteiger partial charge in [-0.2, -0.15) is 0 Å². The molecule has 28 heavy (non-hydrogen) atoms. The van der Waals surface area contributed by atoms with E-state index in [1.165, 1.54) is 0 Å². The number of fused-ring (bicyclic) bond motifs is 1. The molecule has 0 saturated carbocycles. The molecular formula is C21H22N4O3. The maximum atomic E-state index is 10.7. The molecule has 0 spiro atoms. The second-order valence-electron chi connectivity index (χ2n) is 6.78. The second-order valence-corrected chi connectivity index (χ2v) is 6.78. The number of rotatable bonds is 4. The Morgan fingerprint density at radius 3 is 2.61 bits per heavy atom. The number of nitrogens with one attached hydrogen (secondary N) is 1. The van der Waals surface area contributed by atoms with Crippen molar-refractivity contribution in [2.75, 3.05) is 25.7 Å². The third-order valence-corrected chi connectivity index (χ3v) is 5.04. The van der Waals surface area contributed by atoms with Crippen molar-refractivity contribution in [3.8, 4) is 11.5 Å². The van der Waals surface area contributed by atoms with Gasteiger partial charge in [-0.3, -0.25) is 5.41 Å². The molecule has 0 fully saturated rings. The van der Waals surface area contributed by atoms with Crippen molar-refractivity contribution >= 4 is 28.1 Å². The Hall–Kier alpha value is -3.48. The van der Waals surface area contributed by atoms with Crippen LogP contribution in [0.3, 0.4) is 0 Å². The first-order valence-corrected chi connectivity index (χ1v) is 8.88. The number of nitrogens with zero attached hydrogens (tertiary/aromatic N) is 3. The molecule has 7 nitrogen and oxygen atoms in total. The summed E-state index contributed by atoms with van der Waals surface area (Å²) in [5.74, 6) is 2.08. The lowest BCUT2D eigenvalue weighted by Gasteiger charge is -2.22. The molecule has 3 aromatic rings. The Labute approximate surface area is 162 Å². The molecule has 1 aromatic heterocycles. The van der Waals surface area contributed by atoms with E-state index in [4.69, 9.17) is 14.9 Å². The number of aliphatic hydroxyl groups is 1. The van der Waals surface area contributed by atoms with Gasteiger partial charge >= 0.3 is 0 Å². The van der Waals surface area contributed by atoms with E-state index in [0.29, 0.717) is 28.6 Å². The number of ether oxygens (including phenoxy) is 2. The summed E-state index contributed by atoms with van der Waals surface area (Å²) in [6, 6.07) is 11.4. The zero-order valence-electron chi connectivity index (χ0n) is 16.3. The highest BCUT2D eigenvalue weighted by Gasteiger charge is 2.33. The van der Waals surface area contributed by atoms with Gasteiger partial charge in [0.15, 0.2) is 0 Å². The van der Waals surface area contributed by atoms with Crippen molar-refractivity contribution in [3.05, 3.63) is 53.5 Å². The molecule has 4 rings (SSSR count). The number of aryl methyl sites for hydroxylation is 2. The molecule has 7 heteroatoms. The van der Waals surface area contributed by atoms with Crippen LogP contribution in [0.1, 0.15) is 11.4 Å². The number of hydrogen-bond donors (Lipinski definition) is 2. The smallest absolute Gasteiger partial charge is 0.148 e. The minimum absolute atomic E-state index is 0.102. The molecule has 2 heterocycles. The van der Waals surface area contributed by atoms with Gasteiger partial charge in [0.2, 0.25) is 0 Å². The third kappa shape index (κ3) is 2.67. The Kier molecular flexibility index (Phi) is 4.22. The van der Waals surface area contributed by atoms with Crippen LogP contribution in [0.5, 0.6) is 11.5 Å². The lowest BCUT2D eigenvalue weighted by molar-refractivity contribution is 0.400. The molecule has 2 aromatic carbocycles. The standard InChI is InChI=1S/C21H22N4O3/c1-12-5-7-15-14(9-12)23-21(24(15)2)19-17(26)11-25(20(19)22)16-10-13(27-3)6-8-18(16)28-4/h5-10,22,26H,11H2,1-4H3. The molecule has 2 N–H and O–H groups in total. The fraction of sp³-hybridized carbons (Fsp3) is 0.238. The molecule has 0 radical (unpaired) electrons. The van der Waals surface area contributed by atoms with E-state index in [9.17, 15) is 5.11 Å². The summed E-state index contributed by atoms with van der Waals surface area (Å²) in [6.07, 6.45) is 0. The third-order valence-electron chi connectivity index (χ3n) is 5.04. The quantitative estimate of drug-likeness (QED) is 0.724. The average molecular weight is 378 g/mol. The number of aromatic nitrogens is 2. The first kappa shape index (κ1) is 17.9. The number of anilines is 1. The van der Waals surface area contributed by atoms with Gasteiger partial charge in [-0.25, -0.2) is 4.98 Å². The highest BCUT2D eigenvalue weighted by molar-refractivity contribution is 6.30. The minimum atomic E-state index is 0.102. The minimum Gasteiger partial charge on any atom is -0.509 e. The Balaban J connectivity index is 1.79. The molecular weight excluding hydrogens is 356 g/mol. The number of imidazole rings is 1. The van der Waals surface area contributed by atoms with Crippen LogP contribution in [0.4, 0.5) is 5.69 Å². The first-order valence-electron chi connectivity index (χ1n) is 8.88. The zero-order chi connectivity index (χ0) is 20.0. The number of methoxy groups -OCH3 is 2. The van der Waals surface area contributed by atoms with Crippen LogP contribution in [-0.4, -0.2) is 41.3 Å². The van der Waals surface area contributed by atoms with E-state index >= 15 is 0 Å². The predicted octanol–water partition coefficient (Wildman–Crippen LogP) is 3.67. The lowest BCUT2D eigenvalue weighted by Crippen LogP contribution is -2.27. The van der Waals surface area contributed by atoms with Gasteiger partial charge in [0.25, 0.3) is 0 Å². The molecule has 0 saturated heterocycles. The SMILES string of the molecule is COc1ccc(OC)c(N2CC(O)=C(c3nc4cc(C)ccc4n3C)C2=N)c1.